The quantitative estimate of drug-likeness (QED) is 0.309. The van der Waals surface area contributed by atoms with Gasteiger partial charge in [0.15, 0.2) is 0 Å². The number of fused-ring (bicyclic) bond motifs is 1. The maximum absolute atomic E-state index is 10.5. The summed E-state index contributed by atoms with van der Waals surface area (Å²) in [6.07, 6.45) is 9.30. The van der Waals surface area contributed by atoms with Gasteiger partial charge in [-0.05, 0) is 74.1 Å². The molecule has 3 heterocycles. The minimum atomic E-state index is -0.195. The number of pyridine rings is 1. The van der Waals surface area contributed by atoms with Crippen molar-refractivity contribution in [2.24, 2.45) is 0 Å². The van der Waals surface area contributed by atoms with E-state index in [4.69, 9.17) is 14.5 Å². The maximum Gasteiger partial charge on any atom is 0.129 e. The van der Waals surface area contributed by atoms with E-state index in [1.165, 1.54) is 36.1 Å². The SMILES string of the molecule is C=C(O)C(c1cccc(OC)c1C1CC1)N1CC(OCCCCCc2ccc3c(n2)NCCC3)C1. The van der Waals surface area contributed by atoms with E-state index in [1.807, 2.05) is 12.1 Å². The molecule has 2 N–H and O–H groups in total. The number of ether oxygens (including phenoxy) is 2. The van der Waals surface area contributed by atoms with Crippen LogP contribution in [0, 0.1) is 0 Å². The summed E-state index contributed by atoms with van der Waals surface area (Å²) in [5, 5.41) is 13.9. The lowest BCUT2D eigenvalue weighted by atomic mass is 9.92. The highest BCUT2D eigenvalue weighted by Crippen LogP contribution is 2.49. The highest BCUT2D eigenvalue weighted by molar-refractivity contribution is 5.48. The zero-order valence-corrected chi connectivity index (χ0v) is 21.0. The van der Waals surface area contributed by atoms with Gasteiger partial charge in [-0.3, -0.25) is 4.90 Å². The number of nitrogens with zero attached hydrogens (tertiary/aromatic N) is 2. The number of aryl methyl sites for hydroxylation is 2. The Bertz CT molecular complexity index is 1030. The number of rotatable bonds is 12. The average Bonchev–Trinajstić information content (AvgIpc) is 3.68. The topological polar surface area (TPSA) is 66.9 Å². The Kier molecular flexibility index (Phi) is 7.59. The molecule has 1 aromatic carbocycles. The van der Waals surface area contributed by atoms with E-state index in [0.29, 0.717) is 5.92 Å². The van der Waals surface area contributed by atoms with Crippen LogP contribution < -0.4 is 10.1 Å². The minimum Gasteiger partial charge on any atom is -0.511 e. The zero-order valence-electron chi connectivity index (χ0n) is 21.0. The average molecular weight is 478 g/mol. The number of anilines is 1. The summed E-state index contributed by atoms with van der Waals surface area (Å²) >= 11 is 0. The third-order valence-electron chi connectivity index (χ3n) is 7.54. The molecule has 3 aliphatic rings. The molecule has 1 saturated heterocycles. The lowest BCUT2D eigenvalue weighted by Crippen LogP contribution is -2.54. The molecular formula is C29H39N3O3. The Hall–Kier alpha value is -2.57. The molecule has 2 aromatic rings. The molecule has 188 valence electrons. The summed E-state index contributed by atoms with van der Waals surface area (Å²) < 4.78 is 11.8. The van der Waals surface area contributed by atoms with Crippen LogP contribution in [0.3, 0.4) is 0 Å². The molecule has 0 radical (unpaired) electrons. The number of aromatic nitrogens is 1. The summed E-state index contributed by atoms with van der Waals surface area (Å²) in [7, 11) is 1.72. The predicted octanol–water partition coefficient (Wildman–Crippen LogP) is 5.55. The normalized spacial score (nSPS) is 18.9. The second-order valence-corrected chi connectivity index (χ2v) is 10.2. The first-order valence-corrected chi connectivity index (χ1v) is 13.3. The van der Waals surface area contributed by atoms with Crippen LogP contribution in [0.25, 0.3) is 0 Å². The summed E-state index contributed by atoms with van der Waals surface area (Å²) in [5.74, 6) is 2.74. The number of aliphatic hydroxyl groups excluding tert-OH is 1. The molecule has 0 amide bonds. The van der Waals surface area contributed by atoms with E-state index in [2.05, 4.69) is 35.0 Å². The molecular weight excluding hydrogens is 438 g/mol. The first kappa shape index (κ1) is 24.1. The van der Waals surface area contributed by atoms with Crippen molar-refractivity contribution in [1.82, 2.24) is 9.88 Å². The van der Waals surface area contributed by atoms with E-state index < -0.39 is 0 Å². The monoisotopic (exact) mass is 477 g/mol. The number of benzene rings is 1. The number of likely N-dealkylation sites (tertiary alicyclic amines) is 1. The van der Waals surface area contributed by atoms with Crippen LogP contribution in [0.2, 0.25) is 0 Å². The fraction of sp³-hybridized carbons (Fsp3) is 0.552. The highest BCUT2D eigenvalue weighted by Gasteiger charge is 2.39. The summed E-state index contributed by atoms with van der Waals surface area (Å²) in [4.78, 5) is 7.06. The third kappa shape index (κ3) is 5.65. The standard InChI is InChI=1S/C29H39N3O3/c1-20(33)28(25-10-6-11-26(34-2)27(25)21-12-13-21)32-18-24(19-32)35-17-5-3-4-9-23-15-14-22-8-7-16-30-29(22)31-23/h6,10-11,14-15,21,24,28,33H,1,3-5,7-9,12-13,16-19H2,2H3,(H,30,31). The Morgan fingerprint density at radius 2 is 2.06 bits per heavy atom. The van der Waals surface area contributed by atoms with E-state index in [0.717, 1.165) is 75.5 Å². The van der Waals surface area contributed by atoms with Gasteiger partial charge in [-0.15, -0.1) is 0 Å². The molecule has 1 aliphatic carbocycles. The van der Waals surface area contributed by atoms with Crippen molar-refractivity contribution in [2.75, 3.05) is 38.7 Å². The molecule has 1 saturated carbocycles. The van der Waals surface area contributed by atoms with Gasteiger partial charge in [0.05, 0.1) is 19.3 Å². The van der Waals surface area contributed by atoms with Crippen LogP contribution in [0.4, 0.5) is 5.82 Å². The van der Waals surface area contributed by atoms with Gasteiger partial charge < -0.3 is 19.9 Å². The van der Waals surface area contributed by atoms with Gasteiger partial charge in [-0.25, -0.2) is 4.98 Å². The van der Waals surface area contributed by atoms with Crippen molar-refractivity contribution in [3.63, 3.8) is 0 Å². The minimum absolute atomic E-state index is 0.195. The van der Waals surface area contributed by atoms with Crippen LogP contribution in [-0.4, -0.2) is 54.4 Å². The fourth-order valence-electron chi connectivity index (χ4n) is 5.50. The van der Waals surface area contributed by atoms with Crippen molar-refractivity contribution in [1.29, 1.82) is 0 Å². The lowest BCUT2D eigenvalue weighted by molar-refractivity contribution is -0.0727. The molecule has 0 spiro atoms. The summed E-state index contributed by atoms with van der Waals surface area (Å²) in [5.41, 5.74) is 4.91. The lowest BCUT2D eigenvalue weighted by Gasteiger charge is -2.44. The molecule has 6 heteroatoms. The third-order valence-corrected chi connectivity index (χ3v) is 7.54. The van der Waals surface area contributed by atoms with Crippen molar-refractivity contribution in [3.05, 3.63) is 65.1 Å². The van der Waals surface area contributed by atoms with E-state index >= 15 is 0 Å². The fourth-order valence-corrected chi connectivity index (χ4v) is 5.50. The Labute approximate surface area is 209 Å². The van der Waals surface area contributed by atoms with E-state index in [1.54, 1.807) is 7.11 Å². The van der Waals surface area contributed by atoms with Crippen LogP contribution >= 0.6 is 0 Å². The van der Waals surface area contributed by atoms with E-state index in [9.17, 15) is 5.11 Å². The van der Waals surface area contributed by atoms with Gasteiger partial charge in [0.1, 0.15) is 17.3 Å². The smallest absolute Gasteiger partial charge is 0.129 e. The summed E-state index contributed by atoms with van der Waals surface area (Å²) in [6.45, 7) is 7.36. The molecule has 2 aliphatic heterocycles. The van der Waals surface area contributed by atoms with Crippen molar-refractivity contribution in [3.8, 4) is 5.75 Å². The maximum atomic E-state index is 10.5. The van der Waals surface area contributed by atoms with Crippen LogP contribution in [0.5, 0.6) is 5.75 Å². The van der Waals surface area contributed by atoms with Gasteiger partial charge in [-0.1, -0.05) is 31.2 Å². The first-order chi connectivity index (χ1) is 17.1. The van der Waals surface area contributed by atoms with Crippen LogP contribution in [0.1, 0.15) is 72.9 Å². The second kappa shape index (κ2) is 11.0. The Balaban J connectivity index is 1.05. The number of aliphatic hydroxyl groups is 1. The summed E-state index contributed by atoms with van der Waals surface area (Å²) in [6, 6.07) is 10.4. The van der Waals surface area contributed by atoms with Crippen molar-refractivity contribution >= 4 is 5.82 Å². The van der Waals surface area contributed by atoms with Crippen molar-refractivity contribution < 1.29 is 14.6 Å². The molecule has 6 nitrogen and oxygen atoms in total. The largest absolute Gasteiger partial charge is 0.511 e. The van der Waals surface area contributed by atoms with Crippen LogP contribution in [0.15, 0.2) is 42.7 Å². The molecule has 1 atom stereocenters. The molecule has 2 fully saturated rings. The van der Waals surface area contributed by atoms with Gasteiger partial charge in [0.2, 0.25) is 0 Å². The molecule has 0 bridgehead atoms. The second-order valence-electron chi connectivity index (χ2n) is 10.2. The molecule has 35 heavy (non-hydrogen) atoms. The number of unbranched alkanes of at least 4 members (excludes halogenated alkanes) is 2. The molecule has 5 rings (SSSR count). The van der Waals surface area contributed by atoms with Gasteiger partial charge in [0.25, 0.3) is 0 Å². The van der Waals surface area contributed by atoms with Crippen molar-refractivity contribution in [2.45, 2.75) is 69.4 Å². The molecule has 1 unspecified atom stereocenters. The first-order valence-electron chi connectivity index (χ1n) is 13.3. The van der Waals surface area contributed by atoms with Gasteiger partial charge >= 0.3 is 0 Å². The van der Waals surface area contributed by atoms with Gasteiger partial charge in [-0.2, -0.15) is 0 Å². The Morgan fingerprint density at radius 3 is 2.83 bits per heavy atom. The van der Waals surface area contributed by atoms with Crippen LogP contribution in [-0.2, 0) is 17.6 Å². The number of nitrogens with one attached hydrogen (secondary N) is 1. The Morgan fingerprint density at radius 1 is 1.20 bits per heavy atom. The number of methoxy groups -OCH3 is 1. The van der Waals surface area contributed by atoms with E-state index in [-0.39, 0.29) is 17.9 Å². The number of hydrogen-bond acceptors (Lipinski definition) is 6. The highest BCUT2D eigenvalue weighted by atomic mass is 16.5. The molecule has 1 aromatic heterocycles. The predicted molar refractivity (Wildman–Crippen MR) is 139 cm³/mol. The van der Waals surface area contributed by atoms with Gasteiger partial charge in [0, 0.05) is 37.5 Å². The zero-order chi connectivity index (χ0) is 24.2. The number of hydrogen-bond donors (Lipinski definition) is 2.